The lowest BCUT2D eigenvalue weighted by molar-refractivity contribution is 0.523. The van der Waals surface area contributed by atoms with Crippen molar-refractivity contribution in [3.8, 4) is 0 Å². The molecule has 0 amide bonds. The van der Waals surface area contributed by atoms with Crippen LogP contribution >= 0.6 is 0 Å². The summed E-state index contributed by atoms with van der Waals surface area (Å²) in [7, 11) is 0. The topological polar surface area (TPSA) is 24.9 Å². The average molecular weight is 310 g/mol. The molecule has 1 N–H and O–H groups in total. The Morgan fingerprint density at radius 2 is 1.83 bits per heavy atom. The van der Waals surface area contributed by atoms with Gasteiger partial charge in [0.2, 0.25) is 0 Å². The van der Waals surface area contributed by atoms with E-state index in [1.54, 1.807) is 0 Å². The van der Waals surface area contributed by atoms with Crippen LogP contribution < -0.4 is 5.32 Å². The van der Waals surface area contributed by atoms with Crippen LogP contribution in [0.3, 0.4) is 0 Å². The third-order valence-corrected chi connectivity index (χ3v) is 5.30. The molecular formula is C21H30N2. The van der Waals surface area contributed by atoms with E-state index in [1.165, 1.54) is 59.0 Å². The smallest absolute Gasteiger partial charge is 0.0740 e. The predicted molar refractivity (Wildman–Crippen MR) is 99.0 cm³/mol. The van der Waals surface area contributed by atoms with Gasteiger partial charge < -0.3 is 5.32 Å². The van der Waals surface area contributed by atoms with Crippen LogP contribution in [0.5, 0.6) is 0 Å². The SMILES string of the molecule is Cc1ccc2c(CNC3CCCC3)cc(C(C)(C)C)nc2c1C. The van der Waals surface area contributed by atoms with Gasteiger partial charge in [-0.1, -0.05) is 45.7 Å². The lowest BCUT2D eigenvalue weighted by Crippen LogP contribution is -2.26. The van der Waals surface area contributed by atoms with Crippen molar-refractivity contribution in [1.29, 1.82) is 0 Å². The first-order chi connectivity index (χ1) is 10.9. The highest BCUT2D eigenvalue weighted by Gasteiger charge is 2.20. The van der Waals surface area contributed by atoms with Crippen molar-refractivity contribution < 1.29 is 0 Å². The van der Waals surface area contributed by atoms with Crippen LogP contribution in [0.25, 0.3) is 10.9 Å². The maximum absolute atomic E-state index is 5.02. The molecule has 2 nitrogen and oxygen atoms in total. The molecule has 1 heterocycles. The summed E-state index contributed by atoms with van der Waals surface area (Å²) < 4.78 is 0. The number of hydrogen-bond acceptors (Lipinski definition) is 2. The Hall–Kier alpha value is -1.41. The van der Waals surface area contributed by atoms with Gasteiger partial charge in [0.05, 0.1) is 5.52 Å². The number of hydrogen-bond donors (Lipinski definition) is 1. The van der Waals surface area contributed by atoms with Crippen molar-refractivity contribution in [3.63, 3.8) is 0 Å². The molecule has 1 aromatic heterocycles. The van der Waals surface area contributed by atoms with Crippen LogP contribution in [0.15, 0.2) is 18.2 Å². The normalized spacial score (nSPS) is 16.4. The Labute approximate surface area is 140 Å². The molecule has 1 saturated carbocycles. The van der Waals surface area contributed by atoms with Crippen molar-refractivity contribution in [2.75, 3.05) is 0 Å². The molecule has 0 aliphatic heterocycles. The van der Waals surface area contributed by atoms with Gasteiger partial charge in [0.15, 0.2) is 0 Å². The molecule has 1 aliphatic carbocycles. The summed E-state index contributed by atoms with van der Waals surface area (Å²) in [4.78, 5) is 5.02. The van der Waals surface area contributed by atoms with Crippen molar-refractivity contribution in [3.05, 3.63) is 40.6 Å². The first kappa shape index (κ1) is 16.4. The molecule has 2 heteroatoms. The van der Waals surface area contributed by atoms with Crippen molar-refractivity contribution in [2.45, 2.75) is 78.3 Å². The minimum Gasteiger partial charge on any atom is -0.310 e. The molecule has 1 aromatic carbocycles. The maximum Gasteiger partial charge on any atom is 0.0740 e. The Morgan fingerprint density at radius 3 is 2.48 bits per heavy atom. The van der Waals surface area contributed by atoms with E-state index in [0.29, 0.717) is 6.04 Å². The van der Waals surface area contributed by atoms with Gasteiger partial charge in [0, 0.05) is 29.1 Å². The third kappa shape index (κ3) is 3.42. The molecule has 0 saturated heterocycles. The summed E-state index contributed by atoms with van der Waals surface area (Å²) in [5, 5.41) is 5.09. The zero-order valence-corrected chi connectivity index (χ0v) is 15.3. The molecular weight excluding hydrogens is 280 g/mol. The summed E-state index contributed by atoms with van der Waals surface area (Å²) in [5.74, 6) is 0. The minimum atomic E-state index is 0.0759. The molecule has 0 atom stereocenters. The highest BCUT2D eigenvalue weighted by atomic mass is 14.9. The maximum atomic E-state index is 5.02. The zero-order chi connectivity index (χ0) is 16.6. The standard InChI is InChI=1S/C21H30N2/c1-14-10-11-18-16(13-22-17-8-6-7-9-17)12-19(21(3,4)5)23-20(18)15(14)2/h10-12,17,22H,6-9,13H2,1-5H3. The number of rotatable bonds is 3. The number of nitrogens with zero attached hydrogens (tertiary/aromatic N) is 1. The Kier molecular flexibility index (Phi) is 4.46. The summed E-state index contributed by atoms with van der Waals surface area (Å²) in [6, 6.07) is 7.50. The summed E-state index contributed by atoms with van der Waals surface area (Å²) in [6.45, 7) is 12.1. The number of nitrogens with one attached hydrogen (secondary N) is 1. The molecule has 1 fully saturated rings. The summed E-state index contributed by atoms with van der Waals surface area (Å²) in [6.07, 6.45) is 5.40. The molecule has 3 rings (SSSR count). The van der Waals surface area contributed by atoms with Crippen LogP contribution in [0.4, 0.5) is 0 Å². The second-order valence-corrected chi connectivity index (χ2v) is 8.18. The van der Waals surface area contributed by atoms with Gasteiger partial charge in [-0.05, 0) is 49.4 Å². The molecule has 124 valence electrons. The average Bonchev–Trinajstić information content (AvgIpc) is 3.01. The molecule has 0 radical (unpaired) electrons. The van der Waals surface area contributed by atoms with Crippen molar-refractivity contribution >= 4 is 10.9 Å². The molecule has 0 spiro atoms. The van der Waals surface area contributed by atoms with Gasteiger partial charge >= 0.3 is 0 Å². The number of aromatic nitrogens is 1. The Bertz CT molecular complexity index is 704. The fraction of sp³-hybridized carbons (Fsp3) is 0.571. The van der Waals surface area contributed by atoms with Gasteiger partial charge in [-0.15, -0.1) is 0 Å². The highest BCUT2D eigenvalue weighted by molar-refractivity contribution is 5.86. The van der Waals surface area contributed by atoms with E-state index in [4.69, 9.17) is 4.98 Å². The quantitative estimate of drug-likeness (QED) is 0.844. The van der Waals surface area contributed by atoms with Crippen LogP contribution in [0.1, 0.15) is 68.8 Å². The monoisotopic (exact) mass is 310 g/mol. The van der Waals surface area contributed by atoms with Crippen LogP contribution in [-0.4, -0.2) is 11.0 Å². The first-order valence-corrected chi connectivity index (χ1v) is 9.00. The molecule has 1 aliphatic rings. The predicted octanol–water partition coefficient (Wildman–Crippen LogP) is 5.18. The molecule has 0 unspecified atom stereocenters. The van der Waals surface area contributed by atoms with Crippen LogP contribution in [0, 0.1) is 13.8 Å². The summed E-state index contributed by atoms with van der Waals surface area (Å²) in [5.41, 5.74) is 6.49. The number of pyridine rings is 1. The second-order valence-electron chi connectivity index (χ2n) is 8.18. The number of aryl methyl sites for hydroxylation is 2. The highest BCUT2D eigenvalue weighted by Crippen LogP contribution is 2.29. The van der Waals surface area contributed by atoms with Gasteiger partial charge in [-0.2, -0.15) is 0 Å². The lowest BCUT2D eigenvalue weighted by atomic mass is 9.89. The fourth-order valence-electron chi connectivity index (χ4n) is 3.51. The van der Waals surface area contributed by atoms with Gasteiger partial charge in [0.1, 0.15) is 0 Å². The van der Waals surface area contributed by atoms with E-state index in [0.717, 1.165) is 6.54 Å². The minimum absolute atomic E-state index is 0.0759. The van der Waals surface area contributed by atoms with Crippen molar-refractivity contribution in [1.82, 2.24) is 10.3 Å². The first-order valence-electron chi connectivity index (χ1n) is 9.00. The third-order valence-electron chi connectivity index (χ3n) is 5.30. The van der Waals surface area contributed by atoms with Gasteiger partial charge in [-0.25, -0.2) is 0 Å². The van der Waals surface area contributed by atoms with Crippen LogP contribution in [0.2, 0.25) is 0 Å². The number of fused-ring (bicyclic) bond motifs is 1. The molecule has 0 bridgehead atoms. The number of benzene rings is 1. The summed E-state index contributed by atoms with van der Waals surface area (Å²) >= 11 is 0. The van der Waals surface area contributed by atoms with E-state index in [2.05, 4.69) is 58.1 Å². The molecule has 23 heavy (non-hydrogen) atoms. The van der Waals surface area contributed by atoms with Crippen molar-refractivity contribution in [2.24, 2.45) is 0 Å². The molecule has 2 aromatic rings. The van der Waals surface area contributed by atoms with Crippen LogP contribution in [-0.2, 0) is 12.0 Å². The van der Waals surface area contributed by atoms with Gasteiger partial charge in [0.25, 0.3) is 0 Å². The Balaban J connectivity index is 2.04. The van der Waals surface area contributed by atoms with E-state index in [1.807, 2.05) is 0 Å². The second kappa shape index (κ2) is 6.24. The zero-order valence-electron chi connectivity index (χ0n) is 15.3. The van der Waals surface area contributed by atoms with E-state index < -0.39 is 0 Å². The van der Waals surface area contributed by atoms with E-state index in [-0.39, 0.29) is 5.41 Å². The van der Waals surface area contributed by atoms with E-state index in [9.17, 15) is 0 Å². The van der Waals surface area contributed by atoms with E-state index >= 15 is 0 Å². The fourth-order valence-corrected chi connectivity index (χ4v) is 3.51. The lowest BCUT2D eigenvalue weighted by Gasteiger charge is -2.22. The Morgan fingerprint density at radius 1 is 1.13 bits per heavy atom. The largest absolute Gasteiger partial charge is 0.310 e. The van der Waals surface area contributed by atoms with Gasteiger partial charge in [-0.3, -0.25) is 4.98 Å².